The van der Waals surface area contributed by atoms with Crippen molar-refractivity contribution in [2.24, 2.45) is 0 Å². The Labute approximate surface area is 120 Å². The average Bonchev–Trinajstić information content (AvgIpc) is 3.00. The number of hydrogen-bond acceptors (Lipinski definition) is 3. The minimum atomic E-state index is -2.75. The highest BCUT2D eigenvalue weighted by atomic mass is 35.5. The highest BCUT2D eigenvalue weighted by molar-refractivity contribution is 6.31. The van der Waals surface area contributed by atoms with Crippen LogP contribution >= 0.6 is 11.6 Å². The van der Waals surface area contributed by atoms with Crippen molar-refractivity contribution in [3.05, 3.63) is 16.4 Å². The van der Waals surface area contributed by atoms with Gasteiger partial charge in [0.2, 0.25) is 5.91 Å². The molecule has 2 heterocycles. The molecule has 0 radical (unpaired) electrons. The Morgan fingerprint density at radius 2 is 2.40 bits per heavy atom. The van der Waals surface area contributed by atoms with Crippen LogP contribution in [0.2, 0.25) is 5.02 Å². The summed E-state index contributed by atoms with van der Waals surface area (Å²) in [4.78, 5) is 11.8. The van der Waals surface area contributed by atoms with E-state index in [9.17, 15) is 13.6 Å². The molecule has 8 heteroatoms. The molecule has 1 aromatic rings. The summed E-state index contributed by atoms with van der Waals surface area (Å²) in [5, 5.41) is 6.28. The zero-order valence-corrected chi connectivity index (χ0v) is 11.8. The first-order chi connectivity index (χ1) is 9.49. The number of aromatic nitrogens is 2. The maximum absolute atomic E-state index is 12.6. The van der Waals surface area contributed by atoms with Crippen LogP contribution in [-0.4, -0.2) is 34.9 Å². The smallest absolute Gasteiger partial charge is 0.283 e. The van der Waals surface area contributed by atoms with Crippen molar-refractivity contribution in [1.82, 2.24) is 15.1 Å². The number of amides is 1. The first kappa shape index (κ1) is 15.2. The van der Waals surface area contributed by atoms with Gasteiger partial charge in [0, 0.05) is 13.2 Å². The maximum Gasteiger partial charge on any atom is 0.283 e. The molecule has 5 nitrogen and oxygen atoms in total. The highest BCUT2D eigenvalue weighted by Gasteiger charge is 2.22. The predicted molar refractivity (Wildman–Crippen MR) is 68.9 cm³/mol. The molecule has 2 rings (SSSR count). The average molecular weight is 308 g/mol. The van der Waals surface area contributed by atoms with Gasteiger partial charge < -0.3 is 10.1 Å². The van der Waals surface area contributed by atoms with Crippen molar-refractivity contribution in [3.63, 3.8) is 0 Å². The number of carbonyl (C=O) groups excluding carboxylic acids is 1. The van der Waals surface area contributed by atoms with Crippen molar-refractivity contribution in [2.45, 2.75) is 38.8 Å². The molecular formula is C12H16ClF2N3O2. The minimum absolute atomic E-state index is 0.0397. The molecule has 1 amide bonds. The van der Waals surface area contributed by atoms with Crippen molar-refractivity contribution in [3.8, 4) is 0 Å². The number of alkyl halides is 2. The van der Waals surface area contributed by atoms with Crippen molar-refractivity contribution >= 4 is 17.5 Å². The van der Waals surface area contributed by atoms with Gasteiger partial charge in [-0.05, 0) is 19.8 Å². The molecule has 0 aliphatic carbocycles. The van der Waals surface area contributed by atoms with Gasteiger partial charge in [-0.25, -0.2) is 8.78 Å². The number of rotatable bonds is 5. The maximum atomic E-state index is 12.6. The second kappa shape index (κ2) is 6.49. The molecule has 1 aliphatic rings. The third-order valence-electron chi connectivity index (χ3n) is 3.21. The summed E-state index contributed by atoms with van der Waals surface area (Å²) in [7, 11) is 0. The summed E-state index contributed by atoms with van der Waals surface area (Å²) in [6.45, 7) is 2.56. The van der Waals surface area contributed by atoms with E-state index in [-0.39, 0.29) is 23.6 Å². The molecule has 1 atom stereocenters. The van der Waals surface area contributed by atoms with E-state index in [4.69, 9.17) is 16.3 Å². The molecule has 1 N–H and O–H groups in total. The van der Waals surface area contributed by atoms with Gasteiger partial charge in [-0.3, -0.25) is 9.48 Å². The molecule has 1 aliphatic heterocycles. The van der Waals surface area contributed by atoms with Gasteiger partial charge in [-0.2, -0.15) is 5.10 Å². The quantitative estimate of drug-likeness (QED) is 0.906. The molecule has 0 saturated carbocycles. The van der Waals surface area contributed by atoms with Crippen LogP contribution in [0.15, 0.2) is 0 Å². The molecule has 0 spiro atoms. The number of halogens is 3. The molecule has 20 heavy (non-hydrogen) atoms. The zero-order chi connectivity index (χ0) is 14.7. The van der Waals surface area contributed by atoms with Gasteiger partial charge >= 0.3 is 0 Å². The summed E-state index contributed by atoms with van der Waals surface area (Å²) >= 11 is 5.76. The topological polar surface area (TPSA) is 56.2 Å². The summed E-state index contributed by atoms with van der Waals surface area (Å²) in [5.74, 6) is -0.302. The van der Waals surface area contributed by atoms with Gasteiger partial charge in [0.05, 0.1) is 16.8 Å². The lowest BCUT2D eigenvalue weighted by Crippen LogP contribution is -2.34. The Morgan fingerprint density at radius 3 is 2.95 bits per heavy atom. The fraction of sp³-hybridized carbons (Fsp3) is 0.667. The molecule has 0 unspecified atom stereocenters. The molecule has 1 aromatic heterocycles. The van der Waals surface area contributed by atoms with Gasteiger partial charge in [0.1, 0.15) is 12.2 Å². The van der Waals surface area contributed by atoms with Crippen LogP contribution in [0.4, 0.5) is 8.78 Å². The standard InChI is InChI=1S/C12H16ClF2N3O2/c1-7-10(13)11(12(14)15)17-18(7)6-9(19)16-5-8-3-2-4-20-8/h8,12H,2-6H2,1H3,(H,16,19)/t8-/m1/s1. The molecule has 0 aromatic carbocycles. The first-order valence-electron chi connectivity index (χ1n) is 6.38. The summed E-state index contributed by atoms with van der Waals surface area (Å²) in [6.07, 6.45) is -0.801. The van der Waals surface area contributed by atoms with Crippen LogP contribution in [0.25, 0.3) is 0 Å². The van der Waals surface area contributed by atoms with Gasteiger partial charge in [0.25, 0.3) is 6.43 Å². The van der Waals surface area contributed by atoms with Crippen molar-refractivity contribution in [2.75, 3.05) is 13.2 Å². The summed E-state index contributed by atoms with van der Waals surface area (Å²) in [6, 6.07) is 0. The Bertz CT molecular complexity index is 487. The Morgan fingerprint density at radius 1 is 1.65 bits per heavy atom. The van der Waals surface area contributed by atoms with E-state index in [1.54, 1.807) is 6.92 Å². The van der Waals surface area contributed by atoms with Crippen LogP contribution in [0.3, 0.4) is 0 Å². The molecule has 0 bridgehead atoms. The van der Waals surface area contributed by atoms with Crippen LogP contribution in [0, 0.1) is 6.92 Å². The van der Waals surface area contributed by atoms with Crippen LogP contribution in [0.1, 0.15) is 30.7 Å². The van der Waals surface area contributed by atoms with Gasteiger partial charge in [-0.15, -0.1) is 0 Å². The Kier molecular flexibility index (Phi) is 4.93. The molecule has 112 valence electrons. The lowest BCUT2D eigenvalue weighted by molar-refractivity contribution is -0.122. The fourth-order valence-electron chi connectivity index (χ4n) is 2.07. The van der Waals surface area contributed by atoms with Crippen LogP contribution in [-0.2, 0) is 16.1 Å². The lowest BCUT2D eigenvalue weighted by atomic mass is 10.2. The fourth-order valence-corrected chi connectivity index (χ4v) is 2.28. The van der Waals surface area contributed by atoms with E-state index < -0.39 is 12.1 Å². The van der Waals surface area contributed by atoms with Crippen molar-refractivity contribution in [1.29, 1.82) is 0 Å². The predicted octanol–water partition coefficient (Wildman–Crippen LogP) is 2.08. The molecule has 1 fully saturated rings. The molecule has 1 saturated heterocycles. The SMILES string of the molecule is Cc1c(Cl)c(C(F)F)nn1CC(=O)NC[C@H]1CCCO1. The highest BCUT2D eigenvalue weighted by Crippen LogP contribution is 2.28. The minimum Gasteiger partial charge on any atom is -0.376 e. The zero-order valence-electron chi connectivity index (χ0n) is 11.0. The van der Waals surface area contributed by atoms with E-state index in [1.165, 1.54) is 4.68 Å². The second-order valence-electron chi connectivity index (χ2n) is 4.68. The van der Waals surface area contributed by atoms with E-state index in [0.29, 0.717) is 18.8 Å². The Hall–Kier alpha value is -1.21. The number of hydrogen-bond donors (Lipinski definition) is 1. The van der Waals surface area contributed by atoms with E-state index >= 15 is 0 Å². The second-order valence-corrected chi connectivity index (χ2v) is 5.06. The molecular weight excluding hydrogens is 292 g/mol. The van der Waals surface area contributed by atoms with E-state index in [0.717, 1.165) is 12.8 Å². The number of carbonyl (C=O) groups is 1. The normalized spacial score (nSPS) is 18.8. The van der Waals surface area contributed by atoms with Crippen molar-refractivity contribution < 1.29 is 18.3 Å². The van der Waals surface area contributed by atoms with Crippen LogP contribution in [0.5, 0.6) is 0 Å². The largest absolute Gasteiger partial charge is 0.376 e. The first-order valence-corrected chi connectivity index (χ1v) is 6.76. The van der Waals surface area contributed by atoms with E-state index in [1.807, 2.05) is 0 Å². The third kappa shape index (κ3) is 3.46. The summed E-state index contributed by atoms with van der Waals surface area (Å²) in [5.41, 5.74) is -0.134. The lowest BCUT2D eigenvalue weighted by Gasteiger charge is -2.11. The Balaban J connectivity index is 1.92. The number of nitrogens with zero attached hydrogens (tertiary/aromatic N) is 2. The van der Waals surface area contributed by atoms with Crippen LogP contribution < -0.4 is 5.32 Å². The summed E-state index contributed by atoms with van der Waals surface area (Å²) < 4.78 is 31.8. The van der Waals surface area contributed by atoms with Gasteiger partial charge in [0.15, 0.2) is 0 Å². The number of nitrogens with one attached hydrogen (secondary N) is 1. The number of ether oxygens (including phenoxy) is 1. The third-order valence-corrected chi connectivity index (χ3v) is 3.68. The van der Waals surface area contributed by atoms with Gasteiger partial charge in [-0.1, -0.05) is 11.6 Å². The van der Waals surface area contributed by atoms with E-state index in [2.05, 4.69) is 10.4 Å². The monoisotopic (exact) mass is 307 g/mol.